The molecule has 0 aliphatic heterocycles. The number of fused-ring (bicyclic) bond motifs is 1. The first kappa shape index (κ1) is 10.5. The van der Waals surface area contributed by atoms with Gasteiger partial charge in [-0.05, 0) is 19.1 Å². The molecule has 74 valence electrons. The lowest BCUT2D eigenvalue weighted by Gasteiger charge is -1.97. The fourth-order valence-corrected chi connectivity index (χ4v) is 1.23. The maximum Gasteiger partial charge on any atom is 0.337 e. The van der Waals surface area contributed by atoms with Crippen molar-refractivity contribution >= 4 is 24.0 Å². The van der Waals surface area contributed by atoms with Gasteiger partial charge in [0.1, 0.15) is 5.65 Å². The first-order valence-corrected chi connectivity index (χ1v) is 3.85. The van der Waals surface area contributed by atoms with E-state index in [1.807, 2.05) is 6.92 Å². The molecule has 2 aromatic rings. The number of aromatic nitrogens is 2. The van der Waals surface area contributed by atoms with E-state index in [1.165, 1.54) is 0 Å². The molecule has 0 bridgehead atoms. The Labute approximate surface area is 86.6 Å². The summed E-state index contributed by atoms with van der Waals surface area (Å²) in [5.41, 5.74) is 1.97. The molecule has 0 fully saturated rings. The van der Waals surface area contributed by atoms with Crippen molar-refractivity contribution in [1.29, 1.82) is 0 Å². The third-order valence-electron chi connectivity index (χ3n) is 1.94. The Hall–Kier alpha value is -1.55. The van der Waals surface area contributed by atoms with Crippen LogP contribution in [0, 0.1) is 6.92 Å². The second-order valence-electron chi connectivity index (χ2n) is 2.85. The average Bonchev–Trinajstić information content (AvgIpc) is 2.47. The second-order valence-corrected chi connectivity index (χ2v) is 2.85. The van der Waals surface area contributed by atoms with Crippen molar-refractivity contribution in [3.63, 3.8) is 0 Å². The summed E-state index contributed by atoms with van der Waals surface area (Å²) in [5, 5.41) is 8.74. The Bertz CT molecular complexity index is 479. The number of aryl methyl sites for hydroxylation is 1. The van der Waals surface area contributed by atoms with E-state index in [0.29, 0.717) is 0 Å². The zero-order valence-corrected chi connectivity index (χ0v) is 8.28. The highest BCUT2D eigenvalue weighted by Crippen LogP contribution is 2.07. The predicted molar refractivity (Wildman–Crippen MR) is 54.1 cm³/mol. The zero-order chi connectivity index (χ0) is 9.42. The molecular weight excluding hydrogens is 204 g/mol. The zero-order valence-electron chi connectivity index (χ0n) is 7.47. The Balaban J connectivity index is 0.000000980. The molecule has 0 atom stereocenters. The number of hydrogen-bond donors (Lipinski definition) is 1. The average molecular weight is 213 g/mol. The van der Waals surface area contributed by atoms with Crippen molar-refractivity contribution in [2.24, 2.45) is 0 Å². The van der Waals surface area contributed by atoms with Crippen molar-refractivity contribution in [2.45, 2.75) is 6.92 Å². The summed E-state index contributed by atoms with van der Waals surface area (Å²) >= 11 is 0. The van der Waals surface area contributed by atoms with Crippen LogP contribution in [0.2, 0.25) is 0 Å². The van der Waals surface area contributed by atoms with Crippen LogP contribution in [-0.4, -0.2) is 20.5 Å². The van der Waals surface area contributed by atoms with Crippen molar-refractivity contribution < 1.29 is 9.90 Å². The molecule has 0 amide bonds. The first-order valence-electron chi connectivity index (χ1n) is 3.85. The SMILES string of the molecule is Cc1cnc2ccc(C(=O)O)cn12.Cl. The first-order chi connectivity index (χ1) is 6.18. The van der Waals surface area contributed by atoms with Gasteiger partial charge in [0.05, 0.1) is 5.56 Å². The Morgan fingerprint density at radius 1 is 1.50 bits per heavy atom. The second kappa shape index (κ2) is 3.67. The van der Waals surface area contributed by atoms with Crippen molar-refractivity contribution in [3.8, 4) is 0 Å². The number of carboxylic acid groups (broad SMARTS) is 1. The molecule has 2 heterocycles. The minimum Gasteiger partial charge on any atom is -0.478 e. The number of hydrogen-bond acceptors (Lipinski definition) is 2. The molecule has 2 aromatic heterocycles. The molecular formula is C9H9ClN2O2. The lowest BCUT2D eigenvalue weighted by Crippen LogP contribution is -1.99. The van der Waals surface area contributed by atoms with Crippen LogP contribution in [0.4, 0.5) is 0 Å². The normalized spacial score (nSPS) is 9.79. The van der Waals surface area contributed by atoms with Crippen molar-refractivity contribution in [3.05, 3.63) is 35.8 Å². The standard InChI is InChI=1S/C9H8N2O2.ClH/c1-6-4-10-8-3-2-7(9(12)13)5-11(6)8;/h2-5H,1H3,(H,12,13);1H. The number of carboxylic acids is 1. The number of carbonyl (C=O) groups is 1. The van der Waals surface area contributed by atoms with Gasteiger partial charge in [-0.25, -0.2) is 9.78 Å². The van der Waals surface area contributed by atoms with Gasteiger partial charge in [0, 0.05) is 18.1 Å². The van der Waals surface area contributed by atoms with Crippen LogP contribution in [0.1, 0.15) is 16.1 Å². The van der Waals surface area contributed by atoms with E-state index in [9.17, 15) is 4.79 Å². The molecule has 0 spiro atoms. The van der Waals surface area contributed by atoms with Gasteiger partial charge in [0.25, 0.3) is 0 Å². The fraction of sp³-hybridized carbons (Fsp3) is 0.111. The molecule has 0 unspecified atom stereocenters. The van der Waals surface area contributed by atoms with Gasteiger partial charge in [-0.1, -0.05) is 0 Å². The maximum atomic E-state index is 10.6. The van der Waals surface area contributed by atoms with E-state index >= 15 is 0 Å². The lowest BCUT2D eigenvalue weighted by molar-refractivity contribution is 0.0696. The molecule has 0 aliphatic rings. The van der Waals surface area contributed by atoms with Crippen LogP contribution >= 0.6 is 12.4 Å². The molecule has 0 aromatic carbocycles. The van der Waals surface area contributed by atoms with Gasteiger partial charge in [0.2, 0.25) is 0 Å². The van der Waals surface area contributed by atoms with Crippen molar-refractivity contribution in [1.82, 2.24) is 9.38 Å². The van der Waals surface area contributed by atoms with Crippen LogP contribution in [0.3, 0.4) is 0 Å². The molecule has 0 radical (unpaired) electrons. The number of imidazole rings is 1. The van der Waals surface area contributed by atoms with Crippen molar-refractivity contribution in [2.75, 3.05) is 0 Å². The highest BCUT2D eigenvalue weighted by Gasteiger charge is 2.04. The van der Waals surface area contributed by atoms with Gasteiger partial charge in [-0.15, -0.1) is 12.4 Å². The third kappa shape index (κ3) is 1.56. The number of nitrogens with zero attached hydrogens (tertiary/aromatic N) is 2. The molecule has 0 saturated carbocycles. The third-order valence-corrected chi connectivity index (χ3v) is 1.94. The molecule has 5 heteroatoms. The molecule has 2 rings (SSSR count). The summed E-state index contributed by atoms with van der Waals surface area (Å²) in [7, 11) is 0. The molecule has 1 N–H and O–H groups in total. The van der Waals surface area contributed by atoms with Crippen LogP contribution in [0.25, 0.3) is 5.65 Å². The lowest BCUT2D eigenvalue weighted by atomic mass is 10.3. The minimum absolute atomic E-state index is 0. The summed E-state index contributed by atoms with van der Waals surface area (Å²) in [6.07, 6.45) is 3.28. The number of halogens is 1. The minimum atomic E-state index is -0.921. The van der Waals surface area contributed by atoms with Crippen LogP contribution in [0.15, 0.2) is 24.5 Å². The summed E-state index contributed by atoms with van der Waals surface area (Å²) in [6.45, 7) is 1.88. The van der Waals surface area contributed by atoms with E-state index in [-0.39, 0.29) is 18.0 Å². The summed E-state index contributed by atoms with van der Waals surface area (Å²) < 4.78 is 1.75. The Kier molecular flexibility index (Phi) is 2.76. The van der Waals surface area contributed by atoms with E-state index < -0.39 is 5.97 Å². The molecule has 14 heavy (non-hydrogen) atoms. The summed E-state index contributed by atoms with van der Waals surface area (Å²) in [6, 6.07) is 3.24. The quantitative estimate of drug-likeness (QED) is 0.784. The van der Waals surface area contributed by atoms with Gasteiger partial charge in [-0.2, -0.15) is 0 Å². The van der Waals surface area contributed by atoms with Crippen LogP contribution in [-0.2, 0) is 0 Å². The van der Waals surface area contributed by atoms with Crippen LogP contribution in [0.5, 0.6) is 0 Å². The molecule has 0 aliphatic carbocycles. The van der Waals surface area contributed by atoms with Gasteiger partial charge in [-0.3, -0.25) is 0 Å². The monoisotopic (exact) mass is 212 g/mol. The predicted octanol–water partition coefficient (Wildman–Crippen LogP) is 1.76. The Morgan fingerprint density at radius 2 is 2.21 bits per heavy atom. The summed E-state index contributed by atoms with van der Waals surface area (Å²) in [5.74, 6) is -0.921. The summed E-state index contributed by atoms with van der Waals surface area (Å²) in [4.78, 5) is 14.7. The van der Waals surface area contributed by atoms with Gasteiger partial charge >= 0.3 is 5.97 Å². The largest absolute Gasteiger partial charge is 0.478 e. The van der Waals surface area contributed by atoms with E-state index in [2.05, 4.69) is 4.98 Å². The van der Waals surface area contributed by atoms with Gasteiger partial charge < -0.3 is 9.51 Å². The maximum absolute atomic E-state index is 10.6. The highest BCUT2D eigenvalue weighted by atomic mass is 35.5. The smallest absolute Gasteiger partial charge is 0.337 e. The number of pyridine rings is 1. The molecule has 0 saturated heterocycles. The van der Waals surface area contributed by atoms with Gasteiger partial charge in [0.15, 0.2) is 0 Å². The number of rotatable bonds is 1. The van der Waals surface area contributed by atoms with E-state index in [4.69, 9.17) is 5.11 Å². The Morgan fingerprint density at radius 3 is 2.86 bits per heavy atom. The number of aromatic carboxylic acids is 1. The fourth-order valence-electron chi connectivity index (χ4n) is 1.23. The van der Waals surface area contributed by atoms with E-state index in [1.54, 1.807) is 28.9 Å². The topological polar surface area (TPSA) is 54.6 Å². The molecule has 4 nitrogen and oxygen atoms in total. The van der Waals surface area contributed by atoms with Crippen LogP contribution < -0.4 is 0 Å². The highest BCUT2D eigenvalue weighted by molar-refractivity contribution is 5.87. The van der Waals surface area contributed by atoms with E-state index in [0.717, 1.165) is 11.3 Å².